The Morgan fingerprint density at radius 2 is 1.96 bits per heavy atom. The Hall–Kier alpha value is -2.11. The molecule has 1 N–H and O–H groups in total. The van der Waals surface area contributed by atoms with Gasteiger partial charge in [-0.2, -0.15) is 0 Å². The molecule has 1 aliphatic carbocycles. The summed E-state index contributed by atoms with van der Waals surface area (Å²) in [6.07, 6.45) is 6.94. The van der Waals surface area contributed by atoms with Crippen molar-refractivity contribution >= 4 is 0 Å². The van der Waals surface area contributed by atoms with Crippen molar-refractivity contribution in [2.24, 2.45) is 11.8 Å². The second-order valence-electron chi connectivity index (χ2n) is 8.00. The van der Waals surface area contributed by atoms with Gasteiger partial charge in [0.2, 0.25) is 0 Å². The molecule has 2 aliphatic rings. The number of hydrogen-bond acceptors (Lipinski definition) is 5. The molecule has 3 atom stereocenters. The number of aromatic nitrogens is 1. The minimum Gasteiger partial charge on any atom is -0.493 e. The molecule has 1 aromatic heterocycles. The number of nitrogens with zero attached hydrogens (tertiary/aromatic N) is 2. The minimum atomic E-state index is -0.750. The molecule has 4 rings (SSSR count). The maximum Gasteiger partial charge on any atom is 0.161 e. The van der Waals surface area contributed by atoms with E-state index in [4.69, 9.17) is 9.47 Å². The van der Waals surface area contributed by atoms with Crippen LogP contribution in [0.4, 0.5) is 0 Å². The Balaban J connectivity index is 1.52. The van der Waals surface area contributed by atoms with Gasteiger partial charge in [-0.25, -0.2) is 0 Å². The summed E-state index contributed by atoms with van der Waals surface area (Å²) >= 11 is 0. The topological polar surface area (TPSA) is 54.8 Å². The molecule has 5 heteroatoms. The number of fused-ring (bicyclic) bond motifs is 2. The third-order valence-corrected chi connectivity index (χ3v) is 6.37. The van der Waals surface area contributed by atoms with Crippen LogP contribution in [0.5, 0.6) is 11.5 Å². The third kappa shape index (κ3) is 3.49. The van der Waals surface area contributed by atoms with E-state index in [1.54, 1.807) is 13.3 Å². The lowest BCUT2D eigenvalue weighted by molar-refractivity contribution is -0.148. The van der Waals surface area contributed by atoms with Crippen molar-refractivity contribution in [3.05, 3.63) is 53.9 Å². The van der Waals surface area contributed by atoms with E-state index in [-0.39, 0.29) is 11.8 Å². The number of aliphatic hydroxyl groups is 1. The summed E-state index contributed by atoms with van der Waals surface area (Å²) in [5.41, 5.74) is 1.44. The van der Waals surface area contributed by atoms with E-state index >= 15 is 0 Å². The molecule has 2 bridgehead atoms. The van der Waals surface area contributed by atoms with Crippen LogP contribution in [-0.2, 0) is 12.1 Å². The summed E-state index contributed by atoms with van der Waals surface area (Å²) in [6.45, 7) is 5.26. The maximum absolute atomic E-state index is 11.7. The van der Waals surface area contributed by atoms with Gasteiger partial charge in [-0.05, 0) is 43.5 Å². The molecule has 1 aliphatic heterocycles. The zero-order chi connectivity index (χ0) is 19.6. The van der Waals surface area contributed by atoms with Crippen molar-refractivity contribution in [3.8, 4) is 11.5 Å². The van der Waals surface area contributed by atoms with E-state index in [1.807, 2.05) is 31.3 Å². The molecule has 2 heterocycles. The number of benzene rings is 1. The van der Waals surface area contributed by atoms with Crippen molar-refractivity contribution in [3.63, 3.8) is 0 Å². The van der Waals surface area contributed by atoms with E-state index < -0.39 is 5.60 Å². The first-order valence-electron chi connectivity index (χ1n) is 10.3. The number of pyridine rings is 1. The average molecular weight is 383 g/mol. The number of likely N-dealkylation sites (tertiary alicyclic amines) is 1. The molecule has 1 aromatic carbocycles. The van der Waals surface area contributed by atoms with E-state index in [9.17, 15) is 5.11 Å². The summed E-state index contributed by atoms with van der Waals surface area (Å²) in [7, 11) is 1.68. The molecule has 150 valence electrons. The molecule has 2 aromatic rings. The van der Waals surface area contributed by atoms with E-state index in [1.165, 1.54) is 12.0 Å². The number of piperidine rings is 1. The van der Waals surface area contributed by atoms with Crippen LogP contribution in [0.25, 0.3) is 0 Å². The fourth-order valence-electron chi connectivity index (χ4n) is 5.09. The normalized spacial score (nSPS) is 27.4. The van der Waals surface area contributed by atoms with Crippen LogP contribution in [-0.4, -0.2) is 41.8 Å². The Morgan fingerprint density at radius 3 is 2.61 bits per heavy atom. The van der Waals surface area contributed by atoms with Crippen molar-refractivity contribution in [2.75, 3.05) is 26.8 Å². The lowest BCUT2D eigenvalue weighted by atomic mass is 9.63. The summed E-state index contributed by atoms with van der Waals surface area (Å²) in [6, 6.07) is 10.1. The number of ether oxygens (including phenoxy) is 2. The largest absolute Gasteiger partial charge is 0.493 e. The molecule has 5 nitrogen and oxygen atoms in total. The zero-order valence-electron chi connectivity index (χ0n) is 16.8. The van der Waals surface area contributed by atoms with Gasteiger partial charge in [0.15, 0.2) is 11.5 Å². The molecular formula is C23H30N2O3. The van der Waals surface area contributed by atoms with Gasteiger partial charge in [-0.3, -0.25) is 9.88 Å². The maximum atomic E-state index is 11.7. The highest BCUT2D eigenvalue weighted by molar-refractivity contribution is 5.43. The Kier molecular flexibility index (Phi) is 5.56. The summed E-state index contributed by atoms with van der Waals surface area (Å²) in [5, 5.41) is 11.7. The lowest BCUT2D eigenvalue weighted by Gasteiger charge is -2.53. The summed E-state index contributed by atoms with van der Waals surface area (Å²) in [5.74, 6) is 2.06. The molecule has 1 unspecified atom stereocenters. The lowest BCUT2D eigenvalue weighted by Crippen LogP contribution is -2.57. The number of rotatable bonds is 6. The van der Waals surface area contributed by atoms with Gasteiger partial charge >= 0.3 is 0 Å². The first-order chi connectivity index (χ1) is 13.6. The van der Waals surface area contributed by atoms with Crippen LogP contribution >= 0.6 is 0 Å². The van der Waals surface area contributed by atoms with E-state index in [2.05, 4.69) is 22.0 Å². The predicted molar refractivity (Wildman–Crippen MR) is 108 cm³/mol. The van der Waals surface area contributed by atoms with Gasteiger partial charge in [-0.15, -0.1) is 0 Å². The number of methoxy groups -OCH3 is 1. The van der Waals surface area contributed by atoms with Gasteiger partial charge < -0.3 is 14.6 Å². The Labute approximate surface area is 167 Å². The molecule has 1 saturated carbocycles. The van der Waals surface area contributed by atoms with Crippen LogP contribution in [0, 0.1) is 11.8 Å². The quantitative estimate of drug-likeness (QED) is 0.827. The second-order valence-corrected chi connectivity index (χ2v) is 8.00. The standard InChI is InChI=1S/C23H30N2O3/c1-3-28-21-10-9-17(12-22(21)27-2)14-25-15-19-6-4-7-20(16-25)23(19,26)18-8-5-11-24-13-18/h5,8-13,19-20,26H,3-4,6-7,14-16H2,1-2H3/t19-,20+,23?. The first kappa shape index (κ1) is 19.2. The molecule has 28 heavy (non-hydrogen) atoms. The highest BCUT2D eigenvalue weighted by atomic mass is 16.5. The zero-order valence-corrected chi connectivity index (χ0v) is 16.8. The molecule has 0 spiro atoms. The fourth-order valence-corrected chi connectivity index (χ4v) is 5.09. The monoisotopic (exact) mass is 382 g/mol. The van der Waals surface area contributed by atoms with Crippen molar-refractivity contribution in [1.82, 2.24) is 9.88 Å². The summed E-state index contributed by atoms with van der Waals surface area (Å²) in [4.78, 5) is 6.74. The smallest absolute Gasteiger partial charge is 0.161 e. The Morgan fingerprint density at radius 1 is 1.18 bits per heavy atom. The van der Waals surface area contributed by atoms with Crippen molar-refractivity contribution in [1.29, 1.82) is 0 Å². The van der Waals surface area contributed by atoms with Gasteiger partial charge in [0.25, 0.3) is 0 Å². The Bertz CT molecular complexity index is 782. The van der Waals surface area contributed by atoms with Crippen LogP contribution in [0.15, 0.2) is 42.7 Å². The van der Waals surface area contributed by atoms with Crippen molar-refractivity contribution < 1.29 is 14.6 Å². The van der Waals surface area contributed by atoms with Gasteiger partial charge in [0.05, 0.1) is 19.3 Å². The number of hydrogen-bond donors (Lipinski definition) is 1. The molecular weight excluding hydrogens is 352 g/mol. The second kappa shape index (κ2) is 8.10. The van der Waals surface area contributed by atoms with E-state index in [0.29, 0.717) is 6.61 Å². The fraction of sp³-hybridized carbons (Fsp3) is 0.522. The van der Waals surface area contributed by atoms with Gasteiger partial charge in [0.1, 0.15) is 0 Å². The summed E-state index contributed by atoms with van der Waals surface area (Å²) < 4.78 is 11.1. The highest BCUT2D eigenvalue weighted by Gasteiger charge is 2.51. The van der Waals surface area contributed by atoms with E-state index in [0.717, 1.165) is 49.5 Å². The molecule has 2 fully saturated rings. The molecule has 0 radical (unpaired) electrons. The highest BCUT2D eigenvalue weighted by Crippen LogP contribution is 2.49. The van der Waals surface area contributed by atoms with Gasteiger partial charge in [-0.1, -0.05) is 18.6 Å². The molecule has 0 amide bonds. The van der Waals surface area contributed by atoms with Crippen LogP contribution in [0.3, 0.4) is 0 Å². The molecule has 1 saturated heterocycles. The SMILES string of the molecule is CCOc1ccc(CN2C[C@H]3CCC[C@@H](C2)C3(O)c2cccnc2)cc1OC. The van der Waals surface area contributed by atoms with Gasteiger partial charge in [0, 0.05) is 49.4 Å². The van der Waals surface area contributed by atoms with Crippen LogP contribution in [0.1, 0.15) is 37.3 Å². The average Bonchev–Trinajstić information content (AvgIpc) is 2.71. The van der Waals surface area contributed by atoms with Crippen LogP contribution < -0.4 is 9.47 Å². The minimum absolute atomic E-state index is 0.244. The van der Waals surface area contributed by atoms with Crippen molar-refractivity contribution in [2.45, 2.75) is 38.3 Å². The van der Waals surface area contributed by atoms with Crippen LogP contribution in [0.2, 0.25) is 0 Å². The first-order valence-corrected chi connectivity index (χ1v) is 10.3. The third-order valence-electron chi connectivity index (χ3n) is 6.37. The predicted octanol–water partition coefficient (Wildman–Crippen LogP) is 3.61.